The number of carbonyl (C=O) groups is 1. The predicted molar refractivity (Wildman–Crippen MR) is 75.3 cm³/mol. The number of carbonyl (C=O) groups excluding carboxylic acids is 1. The van der Waals surface area contributed by atoms with Gasteiger partial charge in [0.05, 0.1) is 4.90 Å². The Labute approximate surface area is 118 Å². The SMILES string of the molecule is CS(=O)(=O)c1ccc(C(=O)NCC2(CCO)CC2)cc1. The van der Waals surface area contributed by atoms with Crippen LogP contribution in [0.15, 0.2) is 29.2 Å². The molecule has 0 bridgehead atoms. The van der Waals surface area contributed by atoms with E-state index >= 15 is 0 Å². The molecular weight excluding hydrogens is 278 g/mol. The highest BCUT2D eigenvalue weighted by Gasteiger charge is 2.41. The van der Waals surface area contributed by atoms with Crippen molar-refractivity contribution < 1.29 is 18.3 Å². The zero-order chi connectivity index (χ0) is 14.8. The van der Waals surface area contributed by atoms with Crippen molar-refractivity contribution >= 4 is 15.7 Å². The summed E-state index contributed by atoms with van der Waals surface area (Å²) in [5, 5.41) is 11.8. The van der Waals surface area contributed by atoms with Gasteiger partial charge in [0.25, 0.3) is 5.91 Å². The minimum absolute atomic E-state index is 0.0666. The van der Waals surface area contributed by atoms with E-state index in [9.17, 15) is 13.2 Å². The van der Waals surface area contributed by atoms with Gasteiger partial charge in [-0.05, 0) is 48.9 Å². The normalized spacial score (nSPS) is 16.7. The monoisotopic (exact) mass is 297 g/mol. The lowest BCUT2D eigenvalue weighted by molar-refractivity contribution is 0.0940. The van der Waals surface area contributed by atoms with Crippen molar-refractivity contribution in [2.24, 2.45) is 5.41 Å². The quantitative estimate of drug-likeness (QED) is 0.820. The summed E-state index contributed by atoms with van der Waals surface area (Å²) in [5.41, 5.74) is 0.508. The average molecular weight is 297 g/mol. The molecule has 0 radical (unpaired) electrons. The van der Waals surface area contributed by atoms with Crippen LogP contribution in [0.1, 0.15) is 29.6 Å². The smallest absolute Gasteiger partial charge is 0.251 e. The highest BCUT2D eigenvalue weighted by atomic mass is 32.2. The van der Waals surface area contributed by atoms with Crippen LogP contribution in [-0.4, -0.2) is 38.8 Å². The van der Waals surface area contributed by atoms with Crippen LogP contribution in [0.4, 0.5) is 0 Å². The summed E-state index contributed by atoms with van der Waals surface area (Å²) >= 11 is 0. The highest BCUT2D eigenvalue weighted by Crippen LogP contribution is 2.47. The first-order valence-electron chi connectivity index (χ1n) is 6.56. The Morgan fingerprint density at radius 1 is 1.30 bits per heavy atom. The Balaban J connectivity index is 1.96. The standard InChI is InChI=1S/C14H19NO4S/c1-20(18,19)12-4-2-11(3-5-12)13(17)15-10-14(6-7-14)8-9-16/h2-5,16H,6-10H2,1H3,(H,15,17). The summed E-state index contributed by atoms with van der Waals surface area (Å²) in [6.07, 6.45) is 3.90. The molecule has 20 heavy (non-hydrogen) atoms. The minimum atomic E-state index is -3.24. The molecule has 1 aromatic carbocycles. The predicted octanol–water partition coefficient (Wildman–Crippen LogP) is 0.982. The van der Waals surface area contributed by atoms with Crippen molar-refractivity contribution in [2.45, 2.75) is 24.2 Å². The summed E-state index contributed by atoms with van der Waals surface area (Å²) in [7, 11) is -3.24. The van der Waals surface area contributed by atoms with Crippen molar-refractivity contribution in [2.75, 3.05) is 19.4 Å². The third-order valence-corrected chi connectivity index (χ3v) is 4.90. The molecule has 1 aliphatic rings. The maximum absolute atomic E-state index is 12.0. The van der Waals surface area contributed by atoms with Gasteiger partial charge < -0.3 is 10.4 Å². The lowest BCUT2D eigenvalue weighted by atomic mass is 10.0. The molecule has 0 atom stereocenters. The lowest BCUT2D eigenvalue weighted by Gasteiger charge is -2.14. The summed E-state index contributed by atoms with van der Waals surface area (Å²) < 4.78 is 22.7. The van der Waals surface area contributed by atoms with Gasteiger partial charge in [0.1, 0.15) is 0 Å². The first-order chi connectivity index (χ1) is 9.36. The molecule has 1 aromatic rings. The van der Waals surface area contributed by atoms with Crippen LogP contribution < -0.4 is 5.32 Å². The van der Waals surface area contributed by atoms with Gasteiger partial charge in [0.2, 0.25) is 0 Å². The van der Waals surface area contributed by atoms with E-state index < -0.39 is 9.84 Å². The zero-order valence-corrected chi connectivity index (χ0v) is 12.2. The Kier molecular flexibility index (Phi) is 4.15. The van der Waals surface area contributed by atoms with E-state index in [-0.39, 0.29) is 22.8 Å². The first-order valence-corrected chi connectivity index (χ1v) is 8.45. The molecule has 2 rings (SSSR count). The number of nitrogens with one attached hydrogen (secondary N) is 1. The Morgan fingerprint density at radius 2 is 1.90 bits per heavy atom. The Hall–Kier alpha value is -1.40. The maximum Gasteiger partial charge on any atom is 0.251 e. The molecule has 0 aliphatic heterocycles. The number of hydrogen-bond acceptors (Lipinski definition) is 4. The number of amides is 1. The number of aliphatic hydroxyl groups excluding tert-OH is 1. The van der Waals surface area contributed by atoms with E-state index in [2.05, 4.69) is 5.32 Å². The van der Waals surface area contributed by atoms with E-state index in [0.717, 1.165) is 19.1 Å². The summed E-state index contributed by atoms with van der Waals surface area (Å²) in [4.78, 5) is 12.2. The van der Waals surface area contributed by atoms with Crippen molar-refractivity contribution in [3.05, 3.63) is 29.8 Å². The number of rotatable bonds is 6. The molecular formula is C14H19NO4S. The van der Waals surface area contributed by atoms with Gasteiger partial charge in [0.15, 0.2) is 9.84 Å². The van der Waals surface area contributed by atoms with E-state index in [1.807, 2.05) is 0 Å². The molecule has 1 amide bonds. The maximum atomic E-state index is 12.0. The summed E-state index contributed by atoms with van der Waals surface area (Å²) in [5.74, 6) is -0.214. The summed E-state index contributed by atoms with van der Waals surface area (Å²) in [6.45, 7) is 0.694. The van der Waals surface area contributed by atoms with Crippen LogP contribution in [-0.2, 0) is 9.84 Å². The van der Waals surface area contributed by atoms with Crippen LogP contribution in [0.25, 0.3) is 0 Å². The topological polar surface area (TPSA) is 83.5 Å². The number of benzene rings is 1. The van der Waals surface area contributed by atoms with Crippen molar-refractivity contribution in [1.29, 1.82) is 0 Å². The van der Waals surface area contributed by atoms with Gasteiger partial charge in [-0.15, -0.1) is 0 Å². The van der Waals surface area contributed by atoms with E-state index in [1.165, 1.54) is 24.3 Å². The molecule has 1 aliphatic carbocycles. The molecule has 0 unspecified atom stereocenters. The Morgan fingerprint density at radius 3 is 2.35 bits per heavy atom. The van der Waals surface area contributed by atoms with Crippen LogP contribution in [0, 0.1) is 5.41 Å². The van der Waals surface area contributed by atoms with Crippen LogP contribution in [0.5, 0.6) is 0 Å². The number of sulfone groups is 1. The fourth-order valence-electron chi connectivity index (χ4n) is 2.15. The van der Waals surface area contributed by atoms with Gasteiger partial charge in [-0.25, -0.2) is 8.42 Å². The molecule has 1 saturated carbocycles. The third-order valence-electron chi connectivity index (χ3n) is 3.77. The molecule has 6 heteroatoms. The molecule has 110 valence electrons. The molecule has 1 fully saturated rings. The van der Waals surface area contributed by atoms with Gasteiger partial charge >= 0.3 is 0 Å². The van der Waals surface area contributed by atoms with Crippen LogP contribution in [0.2, 0.25) is 0 Å². The number of aliphatic hydroxyl groups is 1. The van der Waals surface area contributed by atoms with Crippen molar-refractivity contribution in [3.8, 4) is 0 Å². The molecule has 0 saturated heterocycles. The fraction of sp³-hybridized carbons (Fsp3) is 0.500. The van der Waals surface area contributed by atoms with Gasteiger partial charge in [-0.1, -0.05) is 0 Å². The Bertz CT molecular complexity index is 588. The van der Waals surface area contributed by atoms with E-state index in [1.54, 1.807) is 0 Å². The second-order valence-electron chi connectivity index (χ2n) is 5.45. The second kappa shape index (κ2) is 5.54. The largest absolute Gasteiger partial charge is 0.396 e. The number of hydrogen-bond donors (Lipinski definition) is 2. The third kappa shape index (κ3) is 3.58. The molecule has 0 aromatic heterocycles. The van der Waals surface area contributed by atoms with E-state index in [0.29, 0.717) is 18.5 Å². The summed E-state index contributed by atoms with van der Waals surface area (Å²) in [6, 6.07) is 5.89. The van der Waals surface area contributed by atoms with Crippen LogP contribution >= 0.6 is 0 Å². The zero-order valence-electron chi connectivity index (χ0n) is 11.4. The molecule has 0 heterocycles. The molecule has 5 nitrogen and oxygen atoms in total. The van der Waals surface area contributed by atoms with E-state index in [4.69, 9.17) is 5.11 Å². The first kappa shape index (κ1) is 15.0. The average Bonchev–Trinajstić information content (AvgIpc) is 3.16. The van der Waals surface area contributed by atoms with Gasteiger partial charge in [0, 0.05) is 25.0 Å². The van der Waals surface area contributed by atoms with Gasteiger partial charge in [-0.3, -0.25) is 4.79 Å². The minimum Gasteiger partial charge on any atom is -0.396 e. The second-order valence-corrected chi connectivity index (χ2v) is 7.47. The molecule has 0 spiro atoms. The van der Waals surface area contributed by atoms with Crippen molar-refractivity contribution in [1.82, 2.24) is 5.32 Å². The lowest BCUT2D eigenvalue weighted by Crippen LogP contribution is -2.30. The highest BCUT2D eigenvalue weighted by molar-refractivity contribution is 7.90. The molecule has 2 N–H and O–H groups in total. The van der Waals surface area contributed by atoms with Gasteiger partial charge in [-0.2, -0.15) is 0 Å². The van der Waals surface area contributed by atoms with Crippen LogP contribution in [0.3, 0.4) is 0 Å². The van der Waals surface area contributed by atoms with Crippen molar-refractivity contribution in [3.63, 3.8) is 0 Å². The fourth-order valence-corrected chi connectivity index (χ4v) is 2.78.